The van der Waals surface area contributed by atoms with Gasteiger partial charge in [-0.15, -0.1) is 0 Å². The summed E-state index contributed by atoms with van der Waals surface area (Å²) in [6, 6.07) is 17.9. The molecule has 0 amide bonds. The highest BCUT2D eigenvalue weighted by molar-refractivity contribution is 6.06. The van der Waals surface area contributed by atoms with Gasteiger partial charge < -0.3 is 18.6 Å². The zero-order valence-corrected chi connectivity index (χ0v) is 15.2. The van der Waals surface area contributed by atoms with Crippen LogP contribution in [-0.2, 0) is 6.61 Å². The van der Waals surface area contributed by atoms with E-state index in [9.17, 15) is 4.79 Å². The molecule has 0 radical (unpaired) electrons. The maximum absolute atomic E-state index is 12.2. The van der Waals surface area contributed by atoms with Crippen molar-refractivity contribution < 1.29 is 23.4 Å². The lowest BCUT2D eigenvalue weighted by Gasteiger charge is -2.05. The van der Waals surface area contributed by atoms with Gasteiger partial charge in [-0.1, -0.05) is 12.1 Å². The zero-order chi connectivity index (χ0) is 19.1. The number of methoxy groups -OCH3 is 2. The normalized spacial score (nSPS) is 10.7. The van der Waals surface area contributed by atoms with Gasteiger partial charge in [-0.25, -0.2) is 0 Å². The van der Waals surface area contributed by atoms with Crippen molar-refractivity contribution in [1.82, 2.24) is 0 Å². The molecule has 2 aromatic carbocycles. The van der Waals surface area contributed by atoms with Crippen LogP contribution in [0.25, 0.3) is 6.08 Å². The van der Waals surface area contributed by atoms with Crippen LogP contribution >= 0.6 is 0 Å². The second-order valence-electron chi connectivity index (χ2n) is 5.70. The highest BCUT2D eigenvalue weighted by Gasteiger charge is 2.05. The largest absolute Gasteiger partial charge is 0.497 e. The molecular formula is C22H20O5. The minimum Gasteiger partial charge on any atom is -0.497 e. The lowest BCUT2D eigenvalue weighted by atomic mass is 10.1. The third-order valence-corrected chi connectivity index (χ3v) is 3.88. The first-order valence-corrected chi connectivity index (χ1v) is 8.40. The van der Waals surface area contributed by atoms with E-state index >= 15 is 0 Å². The quantitative estimate of drug-likeness (QED) is 0.426. The Bertz CT molecular complexity index is 922. The molecule has 0 saturated carbocycles. The molecule has 0 saturated heterocycles. The lowest BCUT2D eigenvalue weighted by molar-refractivity contribution is 0.104. The van der Waals surface area contributed by atoms with Gasteiger partial charge in [0.2, 0.25) is 0 Å². The van der Waals surface area contributed by atoms with Crippen molar-refractivity contribution in [2.45, 2.75) is 6.61 Å². The molecule has 0 aliphatic rings. The van der Waals surface area contributed by atoms with Crippen LogP contribution in [0, 0.1) is 0 Å². The summed E-state index contributed by atoms with van der Waals surface area (Å²) in [7, 11) is 3.19. The van der Waals surface area contributed by atoms with Crippen molar-refractivity contribution in [2.75, 3.05) is 14.2 Å². The predicted molar refractivity (Wildman–Crippen MR) is 102 cm³/mol. The van der Waals surface area contributed by atoms with Crippen LogP contribution in [0.1, 0.15) is 21.9 Å². The van der Waals surface area contributed by atoms with E-state index in [1.165, 1.54) is 6.08 Å². The maximum atomic E-state index is 12.2. The summed E-state index contributed by atoms with van der Waals surface area (Å²) in [6.45, 7) is 0.296. The lowest BCUT2D eigenvalue weighted by Crippen LogP contribution is -1.94. The molecule has 3 rings (SSSR count). The molecule has 3 aromatic rings. The zero-order valence-electron chi connectivity index (χ0n) is 15.2. The molecule has 27 heavy (non-hydrogen) atoms. The van der Waals surface area contributed by atoms with Crippen molar-refractivity contribution in [3.8, 4) is 17.2 Å². The summed E-state index contributed by atoms with van der Waals surface area (Å²) in [5.41, 5.74) is 0.556. The van der Waals surface area contributed by atoms with E-state index in [0.717, 1.165) is 11.5 Å². The van der Waals surface area contributed by atoms with Crippen molar-refractivity contribution in [2.24, 2.45) is 0 Å². The van der Waals surface area contributed by atoms with Gasteiger partial charge in [0.1, 0.15) is 35.4 Å². The number of ketones is 1. The van der Waals surface area contributed by atoms with Crippen LogP contribution in [0.4, 0.5) is 0 Å². The molecule has 138 valence electrons. The second kappa shape index (κ2) is 8.76. The summed E-state index contributed by atoms with van der Waals surface area (Å²) in [5.74, 6) is 3.26. The first-order chi connectivity index (χ1) is 13.2. The molecule has 0 bridgehead atoms. The molecule has 0 aliphatic carbocycles. The summed E-state index contributed by atoms with van der Waals surface area (Å²) in [4.78, 5) is 12.2. The molecule has 0 spiro atoms. The van der Waals surface area contributed by atoms with E-state index in [2.05, 4.69) is 0 Å². The van der Waals surface area contributed by atoms with Crippen LogP contribution in [-0.4, -0.2) is 20.0 Å². The van der Waals surface area contributed by atoms with Gasteiger partial charge in [0, 0.05) is 5.56 Å². The topological polar surface area (TPSA) is 57.9 Å². The van der Waals surface area contributed by atoms with E-state index in [-0.39, 0.29) is 5.78 Å². The Morgan fingerprint density at radius 2 is 1.67 bits per heavy atom. The Morgan fingerprint density at radius 1 is 0.926 bits per heavy atom. The Balaban J connectivity index is 1.58. The van der Waals surface area contributed by atoms with Crippen LogP contribution in [0.15, 0.2) is 71.2 Å². The number of carbonyl (C=O) groups excluding carboxylic acids is 1. The van der Waals surface area contributed by atoms with Gasteiger partial charge in [-0.2, -0.15) is 0 Å². The fraction of sp³-hybridized carbons (Fsp3) is 0.136. The van der Waals surface area contributed by atoms with Gasteiger partial charge in [0.05, 0.1) is 14.2 Å². The van der Waals surface area contributed by atoms with Gasteiger partial charge in [0.25, 0.3) is 0 Å². The van der Waals surface area contributed by atoms with Crippen LogP contribution in [0.3, 0.4) is 0 Å². The molecule has 5 heteroatoms. The van der Waals surface area contributed by atoms with Crippen LogP contribution in [0.2, 0.25) is 0 Å². The predicted octanol–water partition coefficient (Wildman–Crippen LogP) is 4.77. The Morgan fingerprint density at radius 3 is 2.41 bits per heavy atom. The third kappa shape index (κ3) is 5.01. The number of carbonyl (C=O) groups is 1. The summed E-state index contributed by atoms with van der Waals surface area (Å²) >= 11 is 0. The summed E-state index contributed by atoms with van der Waals surface area (Å²) < 4.78 is 21.6. The fourth-order valence-corrected chi connectivity index (χ4v) is 2.42. The van der Waals surface area contributed by atoms with Crippen LogP contribution in [0.5, 0.6) is 17.2 Å². The Labute approximate surface area is 157 Å². The smallest absolute Gasteiger partial charge is 0.186 e. The van der Waals surface area contributed by atoms with E-state index in [0.29, 0.717) is 29.4 Å². The van der Waals surface area contributed by atoms with Crippen LogP contribution < -0.4 is 14.2 Å². The first-order valence-electron chi connectivity index (χ1n) is 8.40. The third-order valence-electron chi connectivity index (χ3n) is 3.88. The van der Waals surface area contributed by atoms with Gasteiger partial charge in [0.15, 0.2) is 5.78 Å². The number of rotatable bonds is 8. The molecule has 0 unspecified atom stereocenters. The average molecular weight is 364 g/mol. The number of furan rings is 1. The van der Waals surface area contributed by atoms with Crippen molar-refractivity contribution in [3.63, 3.8) is 0 Å². The monoisotopic (exact) mass is 364 g/mol. The standard InChI is InChI=1S/C22H20O5/c1-24-17-6-8-18(9-7-17)26-15-21-11-10-19(27-21)12-13-22(23)16-4-3-5-20(14-16)25-2/h3-14H,15H2,1-2H3/b13-12+. The average Bonchev–Trinajstić information content (AvgIpc) is 3.18. The minimum absolute atomic E-state index is 0.124. The molecule has 0 atom stereocenters. The number of benzene rings is 2. The van der Waals surface area contributed by atoms with E-state index in [4.69, 9.17) is 18.6 Å². The second-order valence-corrected chi connectivity index (χ2v) is 5.70. The van der Waals surface area contributed by atoms with Crippen molar-refractivity contribution in [3.05, 3.63) is 83.8 Å². The number of ether oxygens (including phenoxy) is 3. The number of hydrogen-bond acceptors (Lipinski definition) is 5. The van der Waals surface area contributed by atoms with Crippen molar-refractivity contribution >= 4 is 11.9 Å². The van der Waals surface area contributed by atoms with Gasteiger partial charge >= 0.3 is 0 Å². The van der Waals surface area contributed by atoms with E-state index < -0.39 is 0 Å². The summed E-state index contributed by atoms with van der Waals surface area (Å²) in [5, 5.41) is 0. The fourth-order valence-electron chi connectivity index (χ4n) is 2.42. The summed E-state index contributed by atoms with van der Waals surface area (Å²) in [6.07, 6.45) is 3.11. The minimum atomic E-state index is -0.124. The molecule has 1 aromatic heterocycles. The van der Waals surface area contributed by atoms with Gasteiger partial charge in [-0.05, 0) is 60.7 Å². The Kier molecular flexibility index (Phi) is 5.94. The number of allylic oxidation sites excluding steroid dienone is 1. The molecule has 0 aliphatic heterocycles. The maximum Gasteiger partial charge on any atom is 0.186 e. The van der Waals surface area contributed by atoms with Crippen molar-refractivity contribution in [1.29, 1.82) is 0 Å². The number of hydrogen-bond donors (Lipinski definition) is 0. The molecule has 5 nitrogen and oxygen atoms in total. The first kappa shape index (κ1) is 18.3. The highest BCUT2D eigenvalue weighted by Crippen LogP contribution is 2.19. The SMILES string of the molecule is COc1ccc(OCc2ccc(/C=C/C(=O)c3cccc(OC)c3)o2)cc1. The molecule has 1 heterocycles. The molecule has 0 N–H and O–H groups in total. The molecule has 0 fully saturated rings. The van der Waals surface area contributed by atoms with E-state index in [1.807, 2.05) is 30.3 Å². The van der Waals surface area contributed by atoms with Gasteiger partial charge in [-0.3, -0.25) is 4.79 Å². The van der Waals surface area contributed by atoms with E-state index in [1.54, 1.807) is 50.6 Å². The Hall–Kier alpha value is -3.47. The highest BCUT2D eigenvalue weighted by atomic mass is 16.5. The molecular weight excluding hydrogens is 344 g/mol.